The van der Waals surface area contributed by atoms with E-state index in [0.29, 0.717) is 4.47 Å². The van der Waals surface area contributed by atoms with Crippen LogP contribution in [0.2, 0.25) is 0 Å². The van der Waals surface area contributed by atoms with Crippen LogP contribution in [-0.4, -0.2) is 23.8 Å². The van der Waals surface area contributed by atoms with Gasteiger partial charge in [-0.2, -0.15) is 4.99 Å². The van der Waals surface area contributed by atoms with E-state index in [2.05, 4.69) is 20.9 Å². The first-order valence-corrected chi connectivity index (χ1v) is 5.36. The van der Waals surface area contributed by atoms with Gasteiger partial charge in [-0.3, -0.25) is 0 Å². The predicted octanol–water partition coefficient (Wildman–Crippen LogP) is 2.05. The average Bonchev–Trinajstić information content (AvgIpc) is 2.47. The lowest BCUT2D eigenvalue weighted by molar-refractivity contribution is 0.218. The van der Waals surface area contributed by atoms with Crippen molar-refractivity contribution in [2.45, 2.75) is 6.04 Å². The molecule has 0 radical (unpaired) electrons. The van der Waals surface area contributed by atoms with E-state index in [0.717, 1.165) is 5.56 Å². The first kappa shape index (κ1) is 11.1. The Morgan fingerprint density at radius 2 is 2.25 bits per heavy atom. The Labute approximate surface area is 100 Å². The lowest BCUT2D eigenvalue weighted by Crippen LogP contribution is -2.30. The summed E-state index contributed by atoms with van der Waals surface area (Å²) in [5.41, 5.74) is 6.38. The van der Waals surface area contributed by atoms with Crippen LogP contribution in [0.5, 0.6) is 0 Å². The fourth-order valence-corrected chi connectivity index (χ4v) is 2.03. The largest absolute Gasteiger partial charge is 0.385 e. The molecule has 1 aromatic rings. The molecule has 2 N–H and O–H groups in total. The van der Waals surface area contributed by atoms with E-state index in [1.165, 1.54) is 11.0 Å². The third kappa shape index (κ3) is 1.69. The molecular weight excluding hydrogens is 277 g/mol. The summed E-state index contributed by atoms with van der Waals surface area (Å²) in [5.74, 6) is -0.128. The number of hydrogen-bond donors (Lipinski definition) is 1. The summed E-state index contributed by atoms with van der Waals surface area (Å²) in [6.07, 6.45) is 0. The normalized spacial score (nSPS) is 20.2. The molecule has 0 bridgehead atoms. The summed E-state index contributed by atoms with van der Waals surface area (Å²) in [7, 11) is 1.60. The highest BCUT2D eigenvalue weighted by atomic mass is 79.9. The second kappa shape index (κ2) is 3.86. The highest BCUT2D eigenvalue weighted by molar-refractivity contribution is 9.10. The van der Waals surface area contributed by atoms with Gasteiger partial charge in [-0.25, -0.2) is 9.18 Å². The lowest BCUT2D eigenvalue weighted by Gasteiger charge is -2.19. The maximum absolute atomic E-state index is 13.1. The van der Waals surface area contributed by atoms with E-state index < -0.39 is 6.04 Å². The van der Waals surface area contributed by atoms with Crippen molar-refractivity contribution in [1.29, 1.82) is 0 Å². The maximum atomic E-state index is 13.1. The number of likely N-dealkylation sites (N-methyl/N-ethyl adjacent to an activating group) is 1. The molecule has 4 nitrogen and oxygen atoms in total. The minimum absolute atomic E-state index is 0.228. The molecule has 1 atom stereocenters. The highest BCUT2D eigenvalue weighted by Crippen LogP contribution is 2.28. The molecule has 1 heterocycles. The quantitative estimate of drug-likeness (QED) is 0.859. The number of amides is 2. The number of amidine groups is 1. The molecule has 2 rings (SSSR count). The van der Waals surface area contributed by atoms with Crippen LogP contribution in [0.15, 0.2) is 27.7 Å². The van der Waals surface area contributed by atoms with Gasteiger partial charge < -0.3 is 10.6 Å². The van der Waals surface area contributed by atoms with Gasteiger partial charge >= 0.3 is 6.03 Å². The number of aliphatic imine (C=N–C) groups is 1. The van der Waals surface area contributed by atoms with Crippen LogP contribution in [0.4, 0.5) is 9.18 Å². The van der Waals surface area contributed by atoms with E-state index in [1.54, 1.807) is 19.2 Å². The zero-order chi connectivity index (χ0) is 11.9. The van der Waals surface area contributed by atoms with Crippen molar-refractivity contribution >= 4 is 27.8 Å². The minimum Gasteiger partial charge on any atom is -0.385 e. The topological polar surface area (TPSA) is 58.7 Å². The predicted molar refractivity (Wildman–Crippen MR) is 61.6 cm³/mol. The SMILES string of the molecule is CN1C(=O)N=C(N)C1c1ccc(F)c(Br)c1. The van der Waals surface area contributed by atoms with Crippen LogP contribution < -0.4 is 5.73 Å². The van der Waals surface area contributed by atoms with Gasteiger partial charge in [0.15, 0.2) is 0 Å². The number of carbonyl (C=O) groups excluding carboxylic acids is 1. The van der Waals surface area contributed by atoms with Gasteiger partial charge in [-0.15, -0.1) is 0 Å². The van der Waals surface area contributed by atoms with Crippen LogP contribution in [0.1, 0.15) is 11.6 Å². The molecule has 1 unspecified atom stereocenters. The molecule has 16 heavy (non-hydrogen) atoms. The smallest absolute Gasteiger partial charge is 0.345 e. The Bertz CT molecular complexity index is 489. The molecular formula is C10H9BrFN3O. The second-order valence-electron chi connectivity index (χ2n) is 3.51. The monoisotopic (exact) mass is 285 g/mol. The molecule has 6 heteroatoms. The second-order valence-corrected chi connectivity index (χ2v) is 4.36. The average molecular weight is 286 g/mol. The third-order valence-corrected chi connectivity index (χ3v) is 3.06. The van der Waals surface area contributed by atoms with Gasteiger partial charge in [0.05, 0.1) is 4.47 Å². The number of benzene rings is 1. The van der Waals surface area contributed by atoms with Crippen LogP contribution >= 0.6 is 15.9 Å². The number of hydrogen-bond acceptors (Lipinski definition) is 2. The fraction of sp³-hybridized carbons (Fsp3) is 0.200. The van der Waals surface area contributed by atoms with Gasteiger partial charge in [0.1, 0.15) is 17.7 Å². The van der Waals surface area contributed by atoms with Crippen molar-refractivity contribution < 1.29 is 9.18 Å². The summed E-state index contributed by atoms with van der Waals surface area (Å²) >= 11 is 3.09. The zero-order valence-corrected chi connectivity index (χ0v) is 10.0. The van der Waals surface area contributed by atoms with Crippen molar-refractivity contribution in [2.75, 3.05) is 7.05 Å². The highest BCUT2D eigenvalue weighted by Gasteiger charge is 2.31. The summed E-state index contributed by atoms with van der Waals surface area (Å²) in [6.45, 7) is 0. The van der Waals surface area contributed by atoms with Crippen LogP contribution in [0, 0.1) is 5.82 Å². The molecule has 0 aromatic heterocycles. The van der Waals surface area contributed by atoms with Crippen LogP contribution in [0.3, 0.4) is 0 Å². The summed E-state index contributed by atoms with van der Waals surface area (Å²) in [4.78, 5) is 16.4. The van der Waals surface area contributed by atoms with Crippen molar-refractivity contribution in [2.24, 2.45) is 10.7 Å². The molecule has 0 saturated heterocycles. The third-order valence-electron chi connectivity index (χ3n) is 2.45. The molecule has 0 aliphatic carbocycles. The standard InChI is InChI=1S/C10H9BrFN3O/c1-15-8(9(13)14-10(15)16)5-2-3-7(12)6(11)4-5/h2-4,8H,1H3,(H2,13,14,16). The van der Waals surface area contributed by atoms with Crippen LogP contribution in [-0.2, 0) is 0 Å². The number of urea groups is 1. The summed E-state index contributed by atoms with van der Waals surface area (Å²) in [5, 5.41) is 0. The Kier molecular flexibility index (Phi) is 2.67. The number of nitrogens with zero attached hydrogens (tertiary/aromatic N) is 2. The Morgan fingerprint density at radius 3 is 2.75 bits per heavy atom. The molecule has 1 aliphatic heterocycles. The van der Waals surface area contributed by atoms with Crippen molar-refractivity contribution in [3.05, 3.63) is 34.1 Å². The molecule has 84 valence electrons. The maximum Gasteiger partial charge on any atom is 0.345 e. The Balaban J connectivity index is 2.42. The van der Waals surface area contributed by atoms with E-state index in [-0.39, 0.29) is 17.7 Å². The molecule has 0 saturated carbocycles. The Hall–Kier alpha value is -1.43. The van der Waals surface area contributed by atoms with E-state index in [9.17, 15) is 9.18 Å². The van der Waals surface area contributed by atoms with Crippen molar-refractivity contribution in [1.82, 2.24) is 4.90 Å². The van der Waals surface area contributed by atoms with Crippen molar-refractivity contribution in [3.8, 4) is 0 Å². The number of rotatable bonds is 1. The van der Waals surface area contributed by atoms with Gasteiger partial charge in [-0.1, -0.05) is 6.07 Å². The van der Waals surface area contributed by atoms with Gasteiger partial charge in [0.25, 0.3) is 0 Å². The number of nitrogens with two attached hydrogens (primary N) is 1. The molecule has 0 spiro atoms. The Morgan fingerprint density at radius 1 is 1.56 bits per heavy atom. The van der Waals surface area contributed by atoms with Crippen molar-refractivity contribution in [3.63, 3.8) is 0 Å². The molecule has 1 aromatic carbocycles. The molecule has 1 aliphatic rings. The summed E-state index contributed by atoms with van der Waals surface area (Å²) in [6, 6.07) is 3.70. The number of halogens is 2. The summed E-state index contributed by atoms with van der Waals surface area (Å²) < 4.78 is 13.4. The molecule has 2 amide bonds. The van der Waals surface area contributed by atoms with E-state index >= 15 is 0 Å². The van der Waals surface area contributed by atoms with Gasteiger partial charge in [-0.05, 0) is 33.6 Å². The minimum atomic E-state index is -0.413. The first-order valence-electron chi connectivity index (χ1n) is 4.56. The fourth-order valence-electron chi connectivity index (χ4n) is 1.64. The van der Waals surface area contributed by atoms with E-state index in [4.69, 9.17) is 5.73 Å². The van der Waals surface area contributed by atoms with Gasteiger partial charge in [0.2, 0.25) is 0 Å². The molecule has 0 fully saturated rings. The number of carbonyl (C=O) groups is 1. The first-order chi connectivity index (χ1) is 7.50. The van der Waals surface area contributed by atoms with Gasteiger partial charge in [0, 0.05) is 7.05 Å². The lowest BCUT2D eigenvalue weighted by atomic mass is 10.1. The van der Waals surface area contributed by atoms with Crippen LogP contribution in [0.25, 0.3) is 0 Å². The zero-order valence-electron chi connectivity index (χ0n) is 8.45. The van der Waals surface area contributed by atoms with E-state index in [1.807, 2.05) is 0 Å².